The van der Waals surface area contributed by atoms with E-state index in [4.69, 9.17) is 4.74 Å². The molecule has 1 aromatic carbocycles. The number of nitrogens with one attached hydrogen (secondary N) is 1. The van der Waals surface area contributed by atoms with Crippen molar-refractivity contribution in [1.29, 1.82) is 0 Å². The Kier molecular flexibility index (Phi) is 3.27. The minimum Gasteiger partial charge on any atom is -0.469 e. The largest absolute Gasteiger partial charge is 0.469 e. The summed E-state index contributed by atoms with van der Waals surface area (Å²) in [4.78, 5) is 11.7. The first-order valence-corrected chi connectivity index (χ1v) is 6.76. The van der Waals surface area contributed by atoms with E-state index in [1.807, 2.05) is 0 Å². The maximum absolute atomic E-state index is 12.8. The zero-order valence-electron chi connectivity index (χ0n) is 10.9. The van der Waals surface area contributed by atoms with Crippen molar-refractivity contribution in [3.8, 4) is 0 Å². The zero-order valence-corrected chi connectivity index (χ0v) is 10.9. The van der Waals surface area contributed by atoms with Crippen LogP contribution in [-0.4, -0.2) is 19.1 Å². The van der Waals surface area contributed by atoms with Crippen molar-refractivity contribution in [1.82, 2.24) is 5.32 Å². The SMILES string of the molecule is COC(=O)[C@H]1C2CC[C@H]2[C@H]1NCc1ccc(F)cc1. The fourth-order valence-electron chi connectivity index (χ4n) is 3.40. The van der Waals surface area contributed by atoms with Crippen molar-refractivity contribution in [2.45, 2.75) is 25.4 Å². The molecule has 1 unspecified atom stereocenters. The predicted molar refractivity (Wildman–Crippen MR) is 68.7 cm³/mol. The van der Waals surface area contributed by atoms with E-state index < -0.39 is 0 Å². The fraction of sp³-hybridized carbons (Fsp3) is 0.533. The highest BCUT2D eigenvalue weighted by Gasteiger charge is 2.58. The minimum atomic E-state index is -0.223. The van der Waals surface area contributed by atoms with Gasteiger partial charge in [0.05, 0.1) is 13.0 Å². The average Bonchev–Trinajstić information content (AvgIpc) is 2.40. The number of carbonyl (C=O) groups is 1. The van der Waals surface area contributed by atoms with Gasteiger partial charge in [0.1, 0.15) is 5.82 Å². The van der Waals surface area contributed by atoms with E-state index in [1.165, 1.54) is 25.7 Å². The molecule has 4 atom stereocenters. The van der Waals surface area contributed by atoms with Gasteiger partial charge >= 0.3 is 5.97 Å². The third-order valence-electron chi connectivity index (χ3n) is 4.62. The van der Waals surface area contributed by atoms with Crippen molar-refractivity contribution in [2.75, 3.05) is 7.11 Å². The van der Waals surface area contributed by atoms with Crippen LogP contribution in [0.15, 0.2) is 24.3 Å². The van der Waals surface area contributed by atoms with Gasteiger partial charge in [-0.15, -0.1) is 0 Å². The lowest BCUT2D eigenvalue weighted by molar-refractivity contribution is -0.168. The lowest BCUT2D eigenvalue weighted by Crippen LogP contribution is -2.65. The molecule has 0 bridgehead atoms. The lowest BCUT2D eigenvalue weighted by Gasteiger charge is -2.58. The maximum atomic E-state index is 12.8. The molecule has 0 aliphatic heterocycles. The van der Waals surface area contributed by atoms with Gasteiger partial charge in [0.2, 0.25) is 0 Å². The second-order valence-corrected chi connectivity index (χ2v) is 5.49. The second-order valence-electron chi connectivity index (χ2n) is 5.49. The molecule has 0 aromatic heterocycles. The van der Waals surface area contributed by atoms with Crippen LogP contribution in [0.25, 0.3) is 0 Å². The predicted octanol–water partition coefficient (Wildman–Crippen LogP) is 2.11. The Hall–Kier alpha value is -1.42. The molecule has 0 heterocycles. The molecule has 0 amide bonds. The van der Waals surface area contributed by atoms with Crippen LogP contribution in [0.2, 0.25) is 0 Å². The van der Waals surface area contributed by atoms with Crippen LogP contribution in [0.4, 0.5) is 4.39 Å². The highest BCUT2D eigenvalue weighted by molar-refractivity contribution is 5.75. The molecule has 0 saturated heterocycles. The first-order valence-electron chi connectivity index (χ1n) is 6.76. The number of methoxy groups -OCH3 is 1. The zero-order chi connectivity index (χ0) is 13.4. The smallest absolute Gasteiger partial charge is 0.310 e. The number of fused-ring (bicyclic) bond motifs is 1. The highest BCUT2D eigenvalue weighted by Crippen LogP contribution is 2.54. The Balaban J connectivity index is 1.60. The number of halogens is 1. The molecule has 2 fully saturated rings. The van der Waals surface area contributed by atoms with E-state index >= 15 is 0 Å². The van der Waals surface area contributed by atoms with Gasteiger partial charge < -0.3 is 10.1 Å². The maximum Gasteiger partial charge on any atom is 0.310 e. The van der Waals surface area contributed by atoms with Gasteiger partial charge in [-0.2, -0.15) is 0 Å². The van der Waals surface area contributed by atoms with E-state index in [-0.39, 0.29) is 23.7 Å². The van der Waals surface area contributed by atoms with Crippen LogP contribution in [-0.2, 0) is 16.1 Å². The van der Waals surface area contributed by atoms with Gasteiger partial charge in [0.15, 0.2) is 0 Å². The molecule has 102 valence electrons. The van der Waals surface area contributed by atoms with Crippen LogP contribution in [0.5, 0.6) is 0 Å². The summed E-state index contributed by atoms with van der Waals surface area (Å²) in [6.07, 6.45) is 2.33. The third-order valence-corrected chi connectivity index (χ3v) is 4.62. The molecule has 1 aromatic rings. The standard InChI is InChI=1S/C15H18FNO2/c1-19-15(18)13-11-6-7-12(11)14(13)17-8-9-2-4-10(16)5-3-9/h2-5,11-14,17H,6-8H2,1H3/t11?,12-,13+,14-/m1/s1. The van der Waals surface area contributed by atoms with Gasteiger partial charge in [0, 0.05) is 12.6 Å². The first-order chi connectivity index (χ1) is 9.20. The molecular formula is C15H18FNO2. The van der Waals surface area contributed by atoms with E-state index in [9.17, 15) is 9.18 Å². The topological polar surface area (TPSA) is 38.3 Å². The van der Waals surface area contributed by atoms with E-state index in [2.05, 4.69) is 5.32 Å². The molecule has 0 radical (unpaired) electrons. The van der Waals surface area contributed by atoms with Crippen LogP contribution in [0, 0.1) is 23.6 Å². The van der Waals surface area contributed by atoms with Gasteiger partial charge in [-0.1, -0.05) is 12.1 Å². The van der Waals surface area contributed by atoms with Gasteiger partial charge in [-0.05, 0) is 42.4 Å². The van der Waals surface area contributed by atoms with Crippen molar-refractivity contribution in [2.24, 2.45) is 17.8 Å². The summed E-state index contributed by atoms with van der Waals surface area (Å²) in [5.74, 6) is 0.809. The van der Waals surface area contributed by atoms with Crippen molar-refractivity contribution in [3.63, 3.8) is 0 Å². The van der Waals surface area contributed by atoms with Crippen LogP contribution in [0.3, 0.4) is 0 Å². The minimum absolute atomic E-state index is 0.00389. The Labute approximate surface area is 112 Å². The summed E-state index contributed by atoms with van der Waals surface area (Å²) in [6.45, 7) is 0.668. The normalized spacial score (nSPS) is 31.9. The summed E-state index contributed by atoms with van der Waals surface area (Å²) < 4.78 is 17.7. The molecule has 3 nitrogen and oxygen atoms in total. The summed E-state index contributed by atoms with van der Waals surface area (Å²) in [6, 6.07) is 6.68. The Morgan fingerprint density at radius 3 is 2.58 bits per heavy atom. The summed E-state index contributed by atoms with van der Waals surface area (Å²) in [7, 11) is 1.45. The molecular weight excluding hydrogens is 245 g/mol. The van der Waals surface area contributed by atoms with Crippen LogP contribution >= 0.6 is 0 Å². The summed E-state index contributed by atoms with van der Waals surface area (Å²) >= 11 is 0. The van der Waals surface area contributed by atoms with Crippen LogP contribution < -0.4 is 5.32 Å². The van der Waals surface area contributed by atoms with Crippen molar-refractivity contribution < 1.29 is 13.9 Å². The number of hydrogen-bond acceptors (Lipinski definition) is 3. The molecule has 2 saturated carbocycles. The van der Waals surface area contributed by atoms with E-state index in [1.54, 1.807) is 12.1 Å². The fourth-order valence-corrected chi connectivity index (χ4v) is 3.40. The quantitative estimate of drug-likeness (QED) is 0.846. The Morgan fingerprint density at radius 1 is 1.32 bits per heavy atom. The Morgan fingerprint density at radius 2 is 2.00 bits per heavy atom. The number of esters is 1. The molecule has 3 rings (SSSR count). The molecule has 2 aliphatic carbocycles. The van der Waals surface area contributed by atoms with Gasteiger partial charge in [-0.25, -0.2) is 4.39 Å². The summed E-state index contributed by atoms with van der Waals surface area (Å²) in [5.41, 5.74) is 1.03. The Bertz CT molecular complexity index is 474. The number of ether oxygens (including phenoxy) is 1. The first kappa shape index (κ1) is 12.6. The number of benzene rings is 1. The third kappa shape index (κ3) is 2.14. The van der Waals surface area contributed by atoms with Crippen LogP contribution in [0.1, 0.15) is 18.4 Å². The highest BCUT2D eigenvalue weighted by atomic mass is 19.1. The van der Waals surface area contributed by atoms with Gasteiger partial charge in [0.25, 0.3) is 0 Å². The van der Waals surface area contributed by atoms with E-state index in [0.717, 1.165) is 12.0 Å². The monoisotopic (exact) mass is 263 g/mol. The molecule has 0 spiro atoms. The number of carbonyl (C=O) groups excluding carboxylic acids is 1. The molecule has 4 heteroatoms. The van der Waals surface area contributed by atoms with E-state index in [0.29, 0.717) is 18.4 Å². The molecule has 1 N–H and O–H groups in total. The number of rotatable bonds is 4. The van der Waals surface area contributed by atoms with Crippen molar-refractivity contribution in [3.05, 3.63) is 35.6 Å². The molecule has 2 aliphatic rings. The average molecular weight is 263 g/mol. The second kappa shape index (κ2) is 4.93. The van der Waals surface area contributed by atoms with Crippen molar-refractivity contribution >= 4 is 5.97 Å². The lowest BCUT2D eigenvalue weighted by atomic mass is 9.50. The van der Waals surface area contributed by atoms with Gasteiger partial charge in [-0.3, -0.25) is 4.79 Å². The number of hydrogen-bond donors (Lipinski definition) is 1. The molecule has 19 heavy (non-hydrogen) atoms. The summed E-state index contributed by atoms with van der Waals surface area (Å²) in [5, 5.41) is 3.43.